The Labute approximate surface area is 116 Å². The van der Waals surface area contributed by atoms with Crippen molar-refractivity contribution >= 4 is 17.5 Å². The topological polar surface area (TPSA) is 20.3 Å². The molecule has 1 aliphatic rings. The van der Waals surface area contributed by atoms with Crippen LogP contribution in [0, 0.1) is 11.6 Å². The lowest BCUT2D eigenvalue weighted by molar-refractivity contribution is -0.134. The molecule has 0 unspecified atom stereocenters. The molecule has 0 spiro atoms. The molecule has 0 aromatic heterocycles. The zero-order valence-electron chi connectivity index (χ0n) is 10.5. The van der Waals surface area contributed by atoms with Gasteiger partial charge in [-0.2, -0.15) is 0 Å². The van der Waals surface area contributed by atoms with Crippen molar-refractivity contribution < 1.29 is 13.6 Å². The molecule has 104 valence electrons. The highest BCUT2D eigenvalue weighted by Gasteiger charge is 2.28. The predicted octanol–water partition coefficient (Wildman–Crippen LogP) is 3.13. The van der Waals surface area contributed by atoms with Gasteiger partial charge in [0.25, 0.3) is 0 Å². The molecule has 0 radical (unpaired) electrons. The predicted molar refractivity (Wildman–Crippen MR) is 70.1 cm³/mol. The molecule has 0 saturated heterocycles. The van der Waals surface area contributed by atoms with E-state index in [2.05, 4.69) is 0 Å². The lowest BCUT2D eigenvalue weighted by Crippen LogP contribution is -2.46. The first kappa shape index (κ1) is 14.3. The van der Waals surface area contributed by atoms with E-state index < -0.39 is 11.6 Å². The summed E-state index contributed by atoms with van der Waals surface area (Å²) in [6.45, 7) is 0.480. The average molecular weight is 288 g/mol. The first-order chi connectivity index (χ1) is 9.11. The quantitative estimate of drug-likeness (QED) is 0.762. The molecule has 19 heavy (non-hydrogen) atoms. The van der Waals surface area contributed by atoms with Crippen LogP contribution >= 0.6 is 11.6 Å². The molecule has 1 aromatic carbocycles. The monoisotopic (exact) mass is 287 g/mol. The van der Waals surface area contributed by atoms with E-state index in [1.807, 2.05) is 0 Å². The highest BCUT2D eigenvalue weighted by atomic mass is 35.5. The number of alkyl halides is 1. The minimum absolute atomic E-state index is 0.0422. The average Bonchev–Trinajstić information content (AvgIpc) is 2.30. The van der Waals surface area contributed by atoms with Gasteiger partial charge in [-0.05, 0) is 30.9 Å². The maximum absolute atomic E-state index is 13.5. The Morgan fingerprint density at radius 2 is 2.11 bits per heavy atom. The number of benzene rings is 1. The van der Waals surface area contributed by atoms with Crippen LogP contribution in [0.15, 0.2) is 18.2 Å². The molecule has 0 atom stereocenters. The third kappa shape index (κ3) is 3.44. The van der Waals surface area contributed by atoms with Crippen molar-refractivity contribution in [1.29, 1.82) is 0 Å². The number of rotatable bonds is 5. The van der Waals surface area contributed by atoms with E-state index in [0.717, 1.165) is 25.3 Å². The molecule has 1 aliphatic carbocycles. The Hall–Kier alpha value is -1.16. The second-order valence-corrected chi connectivity index (χ2v) is 5.15. The normalized spacial score (nSPS) is 15.1. The maximum Gasteiger partial charge on any atom is 0.227 e. The maximum atomic E-state index is 13.5. The molecule has 0 heterocycles. The Kier molecular flexibility index (Phi) is 4.75. The van der Waals surface area contributed by atoms with Gasteiger partial charge in [-0.15, -0.1) is 11.6 Å². The van der Waals surface area contributed by atoms with Gasteiger partial charge < -0.3 is 4.90 Å². The fourth-order valence-corrected chi connectivity index (χ4v) is 2.41. The van der Waals surface area contributed by atoms with Crippen molar-refractivity contribution in [3.05, 3.63) is 35.4 Å². The van der Waals surface area contributed by atoms with Crippen molar-refractivity contribution in [2.24, 2.45) is 0 Å². The zero-order valence-corrected chi connectivity index (χ0v) is 11.3. The molecule has 1 fully saturated rings. The number of halogens is 3. The lowest BCUT2D eigenvalue weighted by Gasteiger charge is -2.37. The van der Waals surface area contributed by atoms with Crippen LogP contribution < -0.4 is 0 Å². The second-order valence-electron chi connectivity index (χ2n) is 4.77. The highest BCUT2D eigenvalue weighted by Crippen LogP contribution is 2.25. The molecule has 2 nitrogen and oxygen atoms in total. The van der Waals surface area contributed by atoms with Gasteiger partial charge in [0, 0.05) is 24.5 Å². The van der Waals surface area contributed by atoms with Gasteiger partial charge in [0.2, 0.25) is 5.91 Å². The summed E-state index contributed by atoms with van der Waals surface area (Å²) < 4.78 is 26.3. The molecule has 5 heteroatoms. The van der Waals surface area contributed by atoms with Crippen LogP contribution in [0.25, 0.3) is 0 Å². The summed E-state index contributed by atoms with van der Waals surface area (Å²) in [6, 6.07) is 3.52. The van der Waals surface area contributed by atoms with Gasteiger partial charge in [-0.25, -0.2) is 8.78 Å². The molecule has 2 rings (SSSR count). The standard InChI is InChI=1S/C14H16ClF2NO/c15-6-7-18(12-2-1-3-12)14(19)8-10-4-5-11(16)9-13(10)17/h4-5,9,12H,1-3,6-8H2. The van der Waals surface area contributed by atoms with E-state index in [0.29, 0.717) is 12.4 Å². The Morgan fingerprint density at radius 3 is 2.63 bits per heavy atom. The largest absolute Gasteiger partial charge is 0.338 e. The highest BCUT2D eigenvalue weighted by molar-refractivity contribution is 6.18. The number of hydrogen-bond acceptors (Lipinski definition) is 1. The number of hydrogen-bond donors (Lipinski definition) is 0. The van der Waals surface area contributed by atoms with Gasteiger partial charge in [0.15, 0.2) is 0 Å². The third-order valence-corrected chi connectivity index (χ3v) is 3.69. The van der Waals surface area contributed by atoms with Crippen LogP contribution in [0.3, 0.4) is 0 Å². The van der Waals surface area contributed by atoms with Crippen LogP contribution in [-0.2, 0) is 11.2 Å². The van der Waals surface area contributed by atoms with Gasteiger partial charge in [-0.3, -0.25) is 4.79 Å². The number of amides is 1. The fraction of sp³-hybridized carbons (Fsp3) is 0.500. The Bertz CT molecular complexity index is 463. The van der Waals surface area contributed by atoms with E-state index in [9.17, 15) is 13.6 Å². The molecule has 0 aliphatic heterocycles. The number of carbonyl (C=O) groups is 1. The summed E-state index contributed by atoms with van der Waals surface area (Å²) in [5, 5.41) is 0. The zero-order chi connectivity index (χ0) is 13.8. The molecule has 0 bridgehead atoms. The van der Waals surface area contributed by atoms with E-state index in [-0.39, 0.29) is 23.9 Å². The van der Waals surface area contributed by atoms with Crippen molar-refractivity contribution in [3.63, 3.8) is 0 Å². The van der Waals surface area contributed by atoms with E-state index in [1.165, 1.54) is 12.1 Å². The SMILES string of the molecule is O=C(Cc1ccc(F)cc1F)N(CCCl)C1CCC1. The number of carbonyl (C=O) groups excluding carboxylic acids is 1. The van der Waals surface area contributed by atoms with Crippen LogP contribution in [0.2, 0.25) is 0 Å². The van der Waals surface area contributed by atoms with Gasteiger partial charge in [-0.1, -0.05) is 6.07 Å². The van der Waals surface area contributed by atoms with Crippen molar-refractivity contribution in [2.75, 3.05) is 12.4 Å². The van der Waals surface area contributed by atoms with Gasteiger partial charge >= 0.3 is 0 Å². The fourth-order valence-electron chi connectivity index (χ4n) is 2.23. The molecule has 0 N–H and O–H groups in total. The van der Waals surface area contributed by atoms with Crippen molar-refractivity contribution in [3.8, 4) is 0 Å². The van der Waals surface area contributed by atoms with Crippen LogP contribution in [0.1, 0.15) is 24.8 Å². The summed E-state index contributed by atoms with van der Waals surface area (Å²) in [4.78, 5) is 13.9. The molecule has 1 aromatic rings. The number of nitrogens with zero attached hydrogens (tertiary/aromatic N) is 1. The Morgan fingerprint density at radius 1 is 1.37 bits per heavy atom. The van der Waals surface area contributed by atoms with E-state index in [4.69, 9.17) is 11.6 Å². The summed E-state index contributed by atoms with van der Waals surface area (Å²) in [7, 11) is 0. The summed E-state index contributed by atoms with van der Waals surface area (Å²) in [5.74, 6) is -1.08. The minimum atomic E-state index is -0.673. The van der Waals surface area contributed by atoms with E-state index in [1.54, 1.807) is 4.90 Å². The van der Waals surface area contributed by atoms with Gasteiger partial charge in [0.1, 0.15) is 11.6 Å². The summed E-state index contributed by atoms with van der Waals surface area (Å²) in [6.07, 6.45) is 3.03. The van der Waals surface area contributed by atoms with Crippen LogP contribution in [0.4, 0.5) is 8.78 Å². The van der Waals surface area contributed by atoms with Gasteiger partial charge in [0.05, 0.1) is 6.42 Å². The second kappa shape index (κ2) is 6.33. The molecular weight excluding hydrogens is 272 g/mol. The third-order valence-electron chi connectivity index (χ3n) is 3.52. The molecule has 1 saturated carbocycles. The molecular formula is C14H16ClF2NO. The van der Waals surface area contributed by atoms with Crippen molar-refractivity contribution in [2.45, 2.75) is 31.7 Å². The first-order valence-electron chi connectivity index (χ1n) is 6.41. The smallest absolute Gasteiger partial charge is 0.227 e. The Balaban J connectivity index is 2.05. The lowest BCUT2D eigenvalue weighted by atomic mass is 9.91. The van der Waals surface area contributed by atoms with Crippen LogP contribution in [-0.4, -0.2) is 29.3 Å². The first-order valence-corrected chi connectivity index (χ1v) is 6.94. The van der Waals surface area contributed by atoms with Crippen molar-refractivity contribution in [1.82, 2.24) is 4.90 Å². The summed E-state index contributed by atoms with van der Waals surface area (Å²) in [5.41, 5.74) is 0.227. The van der Waals surface area contributed by atoms with E-state index >= 15 is 0 Å². The summed E-state index contributed by atoms with van der Waals surface area (Å²) >= 11 is 5.70. The molecule has 1 amide bonds. The minimum Gasteiger partial charge on any atom is -0.338 e. The van der Waals surface area contributed by atoms with Crippen LogP contribution in [0.5, 0.6) is 0 Å².